The number of benzene rings is 1. The third kappa shape index (κ3) is 3.37. The summed E-state index contributed by atoms with van der Waals surface area (Å²) in [5, 5.41) is 0.0711. The summed E-state index contributed by atoms with van der Waals surface area (Å²) in [4.78, 5) is 11.4. The lowest BCUT2D eigenvalue weighted by atomic mass is 10.1. The first-order valence-corrected chi connectivity index (χ1v) is 8.31. The highest BCUT2D eigenvalue weighted by Crippen LogP contribution is 2.27. The number of nitrogens with zero attached hydrogens (tertiary/aromatic N) is 1. The zero-order valence-corrected chi connectivity index (χ0v) is 13.2. The molecule has 0 saturated carbocycles. The molecule has 0 spiro atoms. The molecule has 0 bridgehead atoms. The van der Waals surface area contributed by atoms with Gasteiger partial charge in [0.2, 0.25) is 10.0 Å². The molecule has 1 atom stereocenters. The number of sulfonamides is 1. The van der Waals surface area contributed by atoms with Gasteiger partial charge in [0.15, 0.2) is 0 Å². The van der Waals surface area contributed by atoms with Gasteiger partial charge in [-0.2, -0.15) is 4.31 Å². The summed E-state index contributed by atoms with van der Waals surface area (Å²) in [7, 11) is -2.55. The number of hydrogen-bond donors (Lipinski definition) is 1. The minimum atomic E-state index is -3.78. The van der Waals surface area contributed by atoms with E-state index < -0.39 is 16.0 Å². The second-order valence-corrected chi connectivity index (χ2v) is 7.22. The van der Waals surface area contributed by atoms with Crippen molar-refractivity contribution in [1.82, 2.24) is 4.31 Å². The number of halogens is 1. The van der Waals surface area contributed by atoms with Crippen LogP contribution in [0.25, 0.3) is 0 Å². The highest BCUT2D eigenvalue weighted by molar-refractivity contribution is 7.89. The second kappa shape index (κ2) is 6.31. The number of carbonyl (C=O) groups is 1. The molecule has 2 N–H and O–H groups in total. The lowest BCUT2D eigenvalue weighted by Crippen LogP contribution is -2.45. The largest absolute Gasteiger partial charge is 0.465 e. The highest BCUT2D eigenvalue weighted by atomic mass is 35.5. The van der Waals surface area contributed by atoms with Crippen LogP contribution < -0.4 is 5.73 Å². The van der Waals surface area contributed by atoms with Gasteiger partial charge in [0, 0.05) is 19.1 Å². The van der Waals surface area contributed by atoms with E-state index in [0.717, 1.165) is 6.42 Å². The SMILES string of the molecule is COC(=O)c1ccc(Cl)c(S(=O)(=O)N2CCC[C@@H](N)C2)c1. The van der Waals surface area contributed by atoms with Gasteiger partial charge in [0.25, 0.3) is 0 Å². The zero-order chi connectivity index (χ0) is 15.6. The van der Waals surface area contributed by atoms with Crippen molar-refractivity contribution in [3.63, 3.8) is 0 Å². The zero-order valence-electron chi connectivity index (χ0n) is 11.6. The first-order valence-electron chi connectivity index (χ1n) is 6.50. The van der Waals surface area contributed by atoms with Gasteiger partial charge in [-0.15, -0.1) is 0 Å². The summed E-state index contributed by atoms with van der Waals surface area (Å²) in [6.45, 7) is 0.649. The molecule has 1 aliphatic rings. The third-order valence-corrected chi connectivity index (χ3v) is 5.74. The fourth-order valence-electron chi connectivity index (χ4n) is 2.28. The van der Waals surface area contributed by atoms with Crippen molar-refractivity contribution in [2.45, 2.75) is 23.8 Å². The van der Waals surface area contributed by atoms with Gasteiger partial charge >= 0.3 is 5.97 Å². The van der Waals surface area contributed by atoms with E-state index >= 15 is 0 Å². The molecule has 1 aliphatic heterocycles. The van der Waals surface area contributed by atoms with Crippen LogP contribution in [0.1, 0.15) is 23.2 Å². The molecule has 1 heterocycles. The van der Waals surface area contributed by atoms with Crippen LogP contribution in [-0.2, 0) is 14.8 Å². The Kier molecular flexibility index (Phi) is 4.88. The van der Waals surface area contributed by atoms with Crippen molar-refractivity contribution in [3.8, 4) is 0 Å². The smallest absolute Gasteiger partial charge is 0.337 e. The van der Waals surface area contributed by atoms with E-state index in [-0.39, 0.29) is 28.1 Å². The molecule has 0 radical (unpaired) electrons. The maximum atomic E-state index is 12.7. The van der Waals surface area contributed by atoms with Crippen molar-refractivity contribution in [2.24, 2.45) is 5.73 Å². The minimum absolute atomic E-state index is 0.0711. The van der Waals surface area contributed by atoms with E-state index in [1.807, 2.05) is 0 Å². The molecule has 0 aliphatic carbocycles. The van der Waals surface area contributed by atoms with Crippen molar-refractivity contribution < 1.29 is 17.9 Å². The maximum absolute atomic E-state index is 12.7. The molecule has 2 rings (SSSR count). The van der Waals surface area contributed by atoms with Crippen LogP contribution in [0.2, 0.25) is 5.02 Å². The van der Waals surface area contributed by atoms with Crippen LogP contribution in [0.5, 0.6) is 0 Å². The van der Waals surface area contributed by atoms with Crippen molar-refractivity contribution in [1.29, 1.82) is 0 Å². The summed E-state index contributed by atoms with van der Waals surface area (Å²) in [5.41, 5.74) is 5.96. The van der Waals surface area contributed by atoms with Gasteiger partial charge in [-0.05, 0) is 31.0 Å². The van der Waals surface area contributed by atoms with Crippen LogP contribution in [0, 0.1) is 0 Å². The summed E-state index contributed by atoms with van der Waals surface area (Å²) in [5.74, 6) is -0.613. The summed E-state index contributed by atoms with van der Waals surface area (Å²) in [6.07, 6.45) is 1.50. The Morgan fingerprint density at radius 2 is 2.19 bits per heavy atom. The number of piperidine rings is 1. The van der Waals surface area contributed by atoms with Crippen LogP contribution in [0.15, 0.2) is 23.1 Å². The Bertz CT molecular complexity index is 648. The number of rotatable bonds is 3. The molecule has 0 amide bonds. The van der Waals surface area contributed by atoms with E-state index in [1.54, 1.807) is 0 Å². The monoisotopic (exact) mass is 332 g/mol. The van der Waals surface area contributed by atoms with Crippen LogP contribution in [0.3, 0.4) is 0 Å². The Morgan fingerprint density at radius 1 is 1.48 bits per heavy atom. The molecule has 1 aromatic rings. The van der Waals surface area contributed by atoms with Crippen molar-refractivity contribution in [2.75, 3.05) is 20.2 Å². The summed E-state index contributed by atoms with van der Waals surface area (Å²) < 4.78 is 31.2. The number of nitrogens with two attached hydrogens (primary N) is 1. The normalized spacial score (nSPS) is 20.2. The molecule has 116 valence electrons. The Balaban J connectivity index is 2.41. The van der Waals surface area contributed by atoms with Crippen LogP contribution >= 0.6 is 11.6 Å². The van der Waals surface area contributed by atoms with Gasteiger partial charge in [0.05, 0.1) is 17.7 Å². The summed E-state index contributed by atoms with van der Waals surface area (Å²) in [6, 6.07) is 3.86. The molecule has 0 aromatic heterocycles. The maximum Gasteiger partial charge on any atom is 0.337 e. The number of esters is 1. The Morgan fingerprint density at radius 3 is 2.81 bits per heavy atom. The van der Waals surface area contributed by atoms with E-state index in [2.05, 4.69) is 4.74 Å². The third-order valence-electron chi connectivity index (χ3n) is 3.39. The predicted octanol–water partition coefficient (Wildman–Crippen LogP) is 1.24. The van der Waals surface area contributed by atoms with Gasteiger partial charge in [0.1, 0.15) is 4.90 Å². The number of ether oxygens (including phenoxy) is 1. The molecule has 8 heteroatoms. The lowest BCUT2D eigenvalue weighted by molar-refractivity contribution is 0.0600. The van der Waals surface area contributed by atoms with Crippen LogP contribution in [-0.4, -0.2) is 44.9 Å². The van der Waals surface area contributed by atoms with Gasteiger partial charge in [-0.3, -0.25) is 0 Å². The second-order valence-electron chi connectivity index (χ2n) is 4.90. The van der Waals surface area contributed by atoms with Crippen molar-refractivity contribution >= 4 is 27.6 Å². The topological polar surface area (TPSA) is 89.7 Å². The van der Waals surface area contributed by atoms with E-state index in [1.165, 1.54) is 29.6 Å². The predicted molar refractivity (Wildman–Crippen MR) is 78.8 cm³/mol. The number of carbonyl (C=O) groups excluding carboxylic acids is 1. The van der Waals surface area contributed by atoms with Crippen LogP contribution in [0.4, 0.5) is 0 Å². The first kappa shape index (κ1) is 16.2. The number of hydrogen-bond acceptors (Lipinski definition) is 5. The number of methoxy groups -OCH3 is 1. The van der Waals surface area contributed by atoms with Gasteiger partial charge in [-0.25, -0.2) is 13.2 Å². The molecule has 1 aromatic carbocycles. The molecule has 1 saturated heterocycles. The molecular formula is C13H17ClN2O4S. The molecule has 21 heavy (non-hydrogen) atoms. The molecular weight excluding hydrogens is 316 g/mol. The highest BCUT2D eigenvalue weighted by Gasteiger charge is 2.31. The standard InChI is InChI=1S/C13H17ClN2O4S/c1-20-13(17)9-4-5-11(14)12(7-9)21(18,19)16-6-2-3-10(15)8-16/h4-5,7,10H,2-3,6,8,15H2,1H3/t10-/m1/s1. The average molecular weight is 333 g/mol. The van der Waals surface area contributed by atoms with E-state index in [4.69, 9.17) is 17.3 Å². The first-order chi connectivity index (χ1) is 9.86. The molecule has 1 fully saturated rings. The summed E-state index contributed by atoms with van der Waals surface area (Å²) >= 11 is 6.00. The average Bonchev–Trinajstić information content (AvgIpc) is 2.46. The Labute approximate surface area is 128 Å². The molecule has 6 nitrogen and oxygen atoms in total. The fraction of sp³-hybridized carbons (Fsp3) is 0.462. The van der Waals surface area contributed by atoms with E-state index in [9.17, 15) is 13.2 Å². The Hall–Kier alpha value is -1.15. The molecule has 0 unspecified atom stereocenters. The van der Waals surface area contributed by atoms with E-state index in [0.29, 0.717) is 13.0 Å². The van der Waals surface area contributed by atoms with Gasteiger partial charge in [-0.1, -0.05) is 11.6 Å². The lowest BCUT2D eigenvalue weighted by Gasteiger charge is -2.30. The quantitative estimate of drug-likeness (QED) is 0.841. The van der Waals surface area contributed by atoms with Crippen molar-refractivity contribution in [3.05, 3.63) is 28.8 Å². The fourth-order valence-corrected chi connectivity index (χ4v) is 4.31. The van der Waals surface area contributed by atoms with Gasteiger partial charge < -0.3 is 10.5 Å². The minimum Gasteiger partial charge on any atom is -0.465 e.